The molecule has 9 heteroatoms. The average molecular weight is 434 g/mol. The lowest BCUT2D eigenvalue weighted by molar-refractivity contribution is 0.0962. The number of aryl methyl sites for hydroxylation is 1. The minimum absolute atomic E-state index is 0.266. The van der Waals surface area contributed by atoms with Gasteiger partial charge in [-0.25, -0.2) is 9.97 Å². The van der Waals surface area contributed by atoms with E-state index < -0.39 is 0 Å². The largest absolute Gasteiger partial charge is 0.497 e. The molecule has 32 heavy (non-hydrogen) atoms. The lowest BCUT2D eigenvalue weighted by Crippen LogP contribution is -2.47. The van der Waals surface area contributed by atoms with E-state index in [0.29, 0.717) is 22.9 Å². The van der Waals surface area contributed by atoms with Crippen LogP contribution in [0.3, 0.4) is 0 Å². The van der Waals surface area contributed by atoms with Crippen molar-refractivity contribution in [3.05, 3.63) is 66.0 Å². The van der Waals surface area contributed by atoms with Crippen molar-refractivity contribution in [1.82, 2.24) is 15.4 Å². The van der Waals surface area contributed by atoms with Crippen LogP contribution in [0.25, 0.3) is 0 Å². The third kappa shape index (κ3) is 4.66. The van der Waals surface area contributed by atoms with Crippen molar-refractivity contribution in [3.8, 4) is 5.75 Å². The average Bonchev–Trinajstić information content (AvgIpc) is 2.84. The molecule has 0 aliphatic carbocycles. The molecule has 1 fully saturated rings. The van der Waals surface area contributed by atoms with E-state index in [1.54, 1.807) is 19.2 Å². The van der Waals surface area contributed by atoms with Crippen LogP contribution >= 0.6 is 0 Å². The van der Waals surface area contributed by atoms with E-state index in [2.05, 4.69) is 42.8 Å². The molecule has 3 aromatic rings. The number of nitrogens with two attached hydrogens (primary N) is 1. The third-order valence-corrected chi connectivity index (χ3v) is 5.49. The Kier molecular flexibility index (Phi) is 6.25. The molecule has 166 valence electrons. The van der Waals surface area contributed by atoms with Crippen LogP contribution in [0.1, 0.15) is 15.9 Å². The fraction of sp³-hybridized carbons (Fsp3) is 0.261. The number of carbonyl (C=O) groups excluding carboxylic acids is 1. The Morgan fingerprint density at radius 3 is 2.28 bits per heavy atom. The van der Waals surface area contributed by atoms with Crippen LogP contribution < -0.4 is 31.1 Å². The SMILES string of the molecule is COc1ccc(N2CCN(c3ncnc(NNC(=O)c4ccc(C)cc4)c3N)CC2)cc1. The van der Waals surface area contributed by atoms with Crippen LogP contribution in [0, 0.1) is 6.92 Å². The van der Waals surface area contributed by atoms with Crippen LogP contribution in [0.5, 0.6) is 5.75 Å². The number of hydrogen-bond donors (Lipinski definition) is 3. The van der Waals surface area contributed by atoms with E-state index in [1.807, 2.05) is 31.2 Å². The van der Waals surface area contributed by atoms with Gasteiger partial charge in [-0.05, 0) is 43.3 Å². The van der Waals surface area contributed by atoms with Crippen molar-refractivity contribution < 1.29 is 9.53 Å². The van der Waals surface area contributed by atoms with E-state index in [4.69, 9.17) is 10.5 Å². The van der Waals surface area contributed by atoms with Gasteiger partial charge in [-0.3, -0.25) is 15.6 Å². The van der Waals surface area contributed by atoms with Crippen molar-refractivity contribution in [2.24, 2.45) is 0 Å². The molecule has 0 radical (unpaired) electrons. The van der Waals surface area contributed by atoms with Crippen molar-refractivity contribution in [1.29, 1.82) is 0 Å². The van der Waals surface area contributed by atoms with E-state index in [-0.39, 0.29) is 5.91 Å². The first-order chi connectivity index (χ1) is 15.5. The number of methoxy groups -OCH3 is 1. The first-order valence-corrected chi connectivity index (χ1v) is 10.4. The molecular formula is C23H27N7O2. The van der Waals surface area contributed by atoms with Crippen LogP contribution in [-0.2, 0) is 0 Å². The Labute approximate surface area is 187 Å². The number of hydrazine groups is 1. The summed E-state index contributed by atoms with van der Waals surface area (Å²) in [6.45, 7) is 5.18. The van der Waals surface area contributed by atoms with Gasteiger partial charge in [0, 0.05) is 37.4 Å². The van der Waals surface area contributed by atoms with Gasteiger partial charge in [0.05, 0.1) is 7.11 Å². The molecule has 9 nitrogen and oxygen atoms in total. The number of nitrogens with zero attached hydrogens (tertiary/aromatic N) is 4. The molecule has 0 saturated carbocycles. The predicted molar refractivity (Wildman–Crippen MR) is 126 cm³/mol. The van der Waals surface area contributed by atoms with E-state index in [9.17, 15) is 4.79 Å². The molecule has 1 saturated heterocycles. The number of aromatic nitrogens is 2. The van der Waals surface area contributed by atoms with E-state index in [0.717, 1.165) is 43.2 Å². The number of nitrogens with one attached hydrogen (secondary N) is 2. The molecule has 0 atom stereocenters. The standard InChI is InChI=1S/C23H27N7O2/c1-16-3-5-17(6-4-16)23(31)28-27-21-20(24)22(26-15-25-21)30-13-11-29(12-14-30)18-7-9-19(32-2)10-8-18/h3-10,15H,11-14,24H2,1-2H3,(H,28,31)(H,25,26,27). The van der Waals surface area contributed by atoms with E-state index >= 15 is 0 Å². The molecule has 0 bridgehead atoms. The van der Waals surface area contributed by atoms with Crippen LogP contribution in [0.2, 0.25) is 0 Å². The van der Waals surface area contributed by atoms with Gasteiger partial charge in [0.1, 0.15) is 17.8 Å². The minimum atomic E-state index is -0.266. The van der Waals surface area contributed by atoms with Gasteiger partial charge in [0.25, 0.3) is 5.91 Å². The topological polar surface area (TPSA) is 109 Å². The first kappa shape index (κ1) is 21.2. The molecule has 0 spiro atoms. The maximum Gasteiger partial charge on any atom is 0.269 e. The zero-order chi connectivity index (χ0) is 22.5. The molecular weight excluding hydrogens is 406 g/mol. The first-order valence-electron chi connectivity index (χ1n) is 10.4. The summed E-state index contributed by atoms with van der Waals surface area (Å²) in [6, 6.07) is 15.4. The van der Waals surface area contributed by atoms with Gasteiger partial charge in [0.2, 0.25) is 0 Å². The van der Waals surface area contributed by atoms with Crippen LogP contribution in [-0.4, -0.2) is 49.2 Å². The van der Waals surface area contributed by atoms with E-state index in [1.165, 1.54) is 6.33 Å². The quantitative estimate of drug-likeness (QED) is 0.509. The van der Waals surface area contributed by atoms with Gasteiger partial charge >= 0.3 is 0 Å². The summed E-state index contributed by atoms with van der Waals surface area (Å²) < 4.78 is 5.23. The Hall–Kier alpha value is -4.01. The molecule has 1 aliphatic rings. The van der Waals surface area contributed by atoms with Crippen LogP contribution in [0.4, 0.5) is 23.0 Å². The highest BCUT2D eigenvalue weighted by Crippen LogP contribution is 2.28. The lowest BCUT2D eigenvalue weighted by atomic mass is 10.1. The highest BCUT2D eigenvalue weighted by molar-refractivity contribution is 5.95. The molecule has 2 heterocycles. The molecule has 4 rings (SSSR count). The number of carbonyl (C=O) groups is 1. The fourth-order valence-electron chi connectivity index (χ4n) is 3.60. The number of ether oxygens (including phenoxy) is 1. The second-order valence-electron chi connectivity index (χ2n) is 7.58. The zero-order valence-electron chi connectivity index (χ0n) is 18.2. The zero-order valence-corrected chi connectivity index (χ0v) is 18.2. The number of anilines is 4. The molecule has 0 unspecified atom stereocenters. The van der Waals surface area contributed by atoms with Gasteiger partial charge < -0.3 is 20.3 Å². The fourth-order valence-corrected chi connectivity index (χ4v) is 3.60. The maximum absolute atomic E-state index is 12.4. The monoisotopic (exact) mass is 433 g/mol. The summed E-state index contributed by atoms with van der Waals surface area (Å²) in [4.78, 5) is 25.4. The summed E-state index contributed by atoms with van der Waals surface area (Å²) in [6.07, 6.45) is 1.45. The summed E-state index contributed by atoms with van der Waals surface area (Å²) in [5, 5.41) is 0. The van der Waals surface area contributed by atoms with Gasteiger partial charge in [-0.15, -0.1) is 0 Å². The Bertz CT molecular complexity index is 1060. The maximum atomic E-state index is 12.4. The Morgan fingerprint density at radius 1 is 0.969 bits per heavy atom. The third-order valence-electron chi connectivity index (χ3n) is 5.49. The normalized spacial score (nSPS) is 13.6. The van der Waals surface area contributed by atoms with Crippen molar-refractivity contribution >= 4 is 28.9 Å². The highest BCUT2D eigenvalue weighted by Gasteiger charge is 2.22. The summed E-state index contributed by atoms with van der Waals surface area (Å²) in [5.41, 5.74) is 15.0. The molecule has 1 aliphatic heterocycles. The summed E-state index contributed by atoms with van der Waals surface area (Å²) in [7, 11) is 1.66. The second-order valence-corrected chi connectivity index (χ2v) is 7.58. The number of nitrogen functional groups attached to an aromatic ring is 1. The number of amides is 1. The predicted octanol–water partition coefficient (Wildman–Crippen LogP) is 2.46. The van der Waals surface area contributed by atoms with Crippen molar-refractivity contribution in [2.75, 3.05) is 54.2 Å². The highest BCUT2D eigenvalue weighted by atomic mass is 16.5. The molecule has 1 aromatic heterocycles. The number of hydrogen-bond acceptors (Lipinski definition) is 8. The molecule has 4 N–H and O–H groups in total. The molecule has 2 aromatic carbocycles. The van der Waals surface area contributed by atoms with Crippen molar-refractivity contribution in [3.63, 3.8) is 0 Å². The smallest absolute Gasteiger partial charge is 0.269 e. The minimum Gasteiger partial charge on any atom is -0.497 e. The van der Waals surface area contributed by atoms with Crippen LogP contribution in [0.15, 0.2) is 54.9 Å². The second kappa shape index (κ2) is 9.42. The van der Waals surface area contributed by atoms with Gasteiger partial charge in [-0.2, -0.15) is 0 Å². The lowest BCUT2D eigenvalue weighted by Gasteiger charge is -2.37. The number of benzene rings is 2. The number of rotatable bonds is 6. The molecule has 1 amide bonds. The summed E-state index contributed by atoms with van der Waals surface area (Å²) >= 11 is 0. The Morgan fingerprint density at radius 2 is 1.62 bits per heavy atom. The Balaban J connectivity index is 1.38. The van der Waals surface area contributed by atoms with Crippen molar-refractivity contribution in [2.45, 2.75) is 6.92 Å². The number of piperazine rings is 1. The van der Waals surface area contributed by atoms with Gasteiger partial charge in [0.15, 0.2) is 11.6 Å². The van der Waals surface area contributed by atoms with Gasteiger partial charge in [-0.1, -0.05) is 17.7 Å². The summed E-state index contributed by atoms with van der Waals surface area (Å²) in [5.74, 6) is 1.60.